The van der Waals surface area contributed by atoms with Gasteiger partial charge in [-0.25, -0.2) is 18.7 Å². The third-order valence-corrected chi connectivity index (χ3v) is 6.46. The number of amides is 1. The monoisotopic (exact) mass is 444 g/mol. The maximum absolute atomic E-state index is 13.5. The van der Waals surface area contributed by atoms with Gasteiger partial charge in [0.15, 0.2) is 0 Å². The second kappa shape index (κ2) is 7.14. The summed E-state index contributed by atoms with van der Waals surface area (Å²) >= 11 is 7.36. The quantitative estimate of drug-likeness (QED) is 0.392. The normalized spacial score (nSPS) is 16.4. The number of fused-ring (bicyclic) bond motifs is 5. The molecule has 9 heteroatoms. The fraction of sp³-hybridized carbons (Fsp3) is 0.190. The molecule has 2 N–H and O–H groups in total. The van der Waals surface area contributed by atoms with E-state index in [1.54, 1.807) is 6.07 Å². The van der Waals surface area contributed by atoms with Crippen LogP contribution in [0.15, 0.2) is 36.5 Å². The first-order valence-electron chi connectivity index (χ1n) is 9.27. The molecular weight excluding hydrogens is 430 g/mol. The van der Waals surface area contributed by atoms with Crippen LogP contribution in [0.1, 0.15) is 28.6 Å². The topological polar surface area (TPSA) is 66.9 Å². The van der Waals surface area contributed by atoms with Crippen molar-refractivity contribution in [3.63, 3.8) is 0 Å². The number of benzene rings is 1. The zero-order valence-corrected chi connectivity index (χ0v) is 17.2. The van der Waals surface area contributed by atoms with Crippen LogP contribution in [-0.4, -0.2) is 28.5 Å². The SMILES string of the molecule is C[C@@H]1CNc2c(sc3ccc4nc(-c5cc(Cl)ncc5C(F)F)ccc4c23)C(=O)N1. The summed E-state index contributed by atoms with van der Waals surface area (Å²) in [6.45, 7) is 2.55. The Morgan fingerprint density at radius 3 is 2.90 bits per heavy atom. The number of thiophene rings is 1. The Balaban J connectivity index is 1.72. The molecule has 1 amide bonds. The fourth-order valence-electron chi connectivity index (χ4n) is 3.71. The molecule has 3 aromatic heterocycles. The van der Waals surface area contributed by atoms with Gasteiger partial charge in [-0.3, -0.25) is 4.79 Å². The molecule has 0 aliphatic carbocycles. The molecular formula is C21H15ClF2N4OS. The summed E-state index contributed by atoms with van der Waals surface area (Å²) in [5.74, 6) is -0.102. The summed E-state index contributed by atoms with van der Waals surface area (Å²) in [7, 11) is 0. The first-order chi connectivity index (χ1) is 14.4. The minimum atomic E-state index is -2.69. The molecule has 0 spiro atoms. The van der Waals surface area contributed by atoms with Crippen LogP contribution in [0.3, 0.4) is 0 Å². The van der Waals surface area contributed by atoms with Gasteiger partial charge in [-0.05, 0) is 37.3 Å². The highest BCUT2D eigenvalue weighted by Crippen LogP contribution is 2.41. The lowest BCUT2D eigenvalue weighted by Gasteiger charge is -2.11. The highest BCUT2D eigenvalue weighted by Gasteiger charge is 2.25. The van der Waals surface area contributed by atoms with Crippen LogP contribution in [-0.2, 0) is 0 Å². The molecule has 1 aromatic carbocycles. The number of alkyl halides is 2. The lowest BCUT2D eigenvalue weighted by molar-refractivity contribution is 0.0949. The summed E-state index contributed by atoms with van der Waals surface area (Å²) in [5, 5.41) is 8.22. The number of carbonyl (C=O) groups is 1. The number of rotatable bonds is 2. The summed E-state index contributed by atoms with van der Waals surface area (Å²) in [6.07, 6.45) is -1.61. The number of carbonyl (C=O) groups excluding carboxylic acids is 1. The average Bonchev–Trinajstić information content (AvgIpc) is 3.04. The Labute approximate surface area is 179 Å². The highest BCUT2D eigenvalue weighted by atomic mass is 35.5. The summed E-state index contributed by atoms with van der Waals surface area (Å²) in [6, 6.07) is 8.70. The Kier molecular flexibility index (Phi) is 4.56. The predicted molar refractivity (Wildman–Crippen MR) is 116 cm³/mol. The standard InChI is InChI=1S/C21H15ClF2N4OS/c1-9-7-26-18-17-10-2-3-14(11-6-16(22)25-8-12(11)20(23)24)28-13(10)4-5-15(17)30-19(18)21(29)27-9/h2-6,8-9,20,26H,7H2,1H3,(H,27,29)/t9-/m1/s1. The van der Waals surface area contributed by atoms with E-state index < -0.39 is 6.43 Å². The fourth-order valence-corrected chi connectivity index (χ4v) is 4.97. The van der Waals surface area contributed by atoms with Crippen LogP contribution in [0, 0.1) is 0 Å². The number of hydrogen-bond acceptors (Lipinski definition) is 5. The van der Waals surface area contributed by atoms with E-state index in [4.69, 9.17) is 11.6 Å². The minimum absolute atomic E-state index is 0.0102. The molecule has 0 saturated heterocycles. The number of anilines is 1. The van der Waals surface area contributed by atoms with Gasteiger partial charge >= 0.3 is 0 Å². The van der Waals surface area contributed by atoms with Crippen LogP contribution in [0.2, 0.25) is 5.15 Å². The van der Waals surface area contributed by atoms with Gasteiger partial charge in [0.25, 0.3) is 12.3 Å². The van der Waals surface area contributed by atoms with Gasteiger partial charge in [-0.2, -0.15) is 0 Å². The number of aromatic nitrogens is 2. The van der Waals surface area contributed by atoms with Crippen molar-refractivity contribution in [3.05, 3.63) is 52.1 Å². The van der Waals surface area contributed by atoms with Gasteiger partial charge in [0.05, 0.1) is 16.9 Å². The summed E-state index contributed by atoms with van der Waals surface area (Å²) < 4.78 is 27.9. The van der Waals surface area contributed by atoms with Gasteiger partial charge < -0.3 is 10.6 Å². The number of nitrogens with zero attached hydrogens (tertiary/aromatic N) is 2. The van der Waals surface area contributed by atoms with Crippen LogP contribution < -0.4 is 10.6 Å². The summed E-state index contributed by atoms with van der Waals surface area (Å²) in [5.41, 5.74) is 1.86. The van der Waals surface area contributed by atoms with Crippen molar-refractivity contribution < 1.29 is 13.6 Å². The van der Waals surface area contributed by atoms with E-state index in [1.807, 2.05) is 25.1 Å². The van der Waals surface area contributed by atoms with Crippen molar-refractivity contribution in [2.75, 3.05) is 11.9 Å². The number of nitrogens with one attached hydrogen (secondary N) is 2. The molecule has 0 fully saturated rings. The first-order valence-corrected chi connectivity index (χ1v) is 10.5. The molecule has 5 nitrogen and oxygen atoms in total. The van der Waals surface area contributed by atoms with Crippen molar-refractivity contribution in [3.8, 4) is 11.3 Å². The van der Waals surface area contributed by atoms with Crippen LogP contribution in [0.5, 0.6) is 0 Å². The second-order valence-electron chi connectivity index (χ2n) is 7.16. The molecule has 0 bridgehead atoms. The zero-order chi connectivity index (χ0) is 21.0. The molecule has 0 unspecified atom stereocenters. The largest absolute Gasteiger partial charge is 0.381 e. The average molecular weight is 445 g/mol. The Morgan fingerprint density at radius 2 is 2.10 bits per heavy atom. The van der Waals surface area contributed by atoms with E-state index >= 15 is 0 Å². The lowest BCUT2D eigenvalue weighted by Crippen LogP contribution is -2.34. The number of pyridine rings is 2. The molecule has 5 rings (SSSR count). The maximum Gasteiger partial charge on any atom is 0.265 e. The number of halogens is 3. The van der Waals surface area contributed by atoms with Gasteiger partial charge in [0.1, 0.15) is 10.0 Å². The smallest absolute Gasteiger partial charge is 0.265 e. The minimum Gasteiger partial charge on any atom is -0.381 e. The molecule has 4 heterocycles. The Bertz CT molecular complexity index is 1320. The van der Waals surface area contributed by atoms with Gasteiger partial charge in [0, 0.05) is 45.4 Å². The van der Waals surface area contributed by atoms with E-state index in [-0.39, 0.29) is 28.2 Å². The molecule has 152 valence electrons. The van der Waals surface area contributed by atoms with Crippen LogP contribution in [0.4, 0.5) is 14.5 Å². The van der Waals surface area contributed by atoms with Gasteiger partial charge in [0.2, 0.25) is 0 Å². The first kappa shape index (κ1) is 19.1. The van der Waals surface area contributed by atoms with E-state index in [0.717, 1.165) is 27.4 Å². The van der Waals surface area contributed by atoms with Crippen molar-refractivity contribution in [1.29, 1.82) is 0 Å². The van der Waals surface area contributed by atoms with Gasteiger partial charge in [-0.1, -0.05) is 11.6 Å². The second-order valence-corrected chi connectivity index (χ2v) is 8.60. The molecule has 0 radical (unpaired) electrons. The third kappa shape index (κ3) is 3.07. The van der Waals surface area contributed by atoms with E-state index in [0.29, 0.717) is 22.6 Å². The molecule has 0 saturated carbocycles. The lowest BCUT2D eigenvalue weighted by atomic mass is 10.0. The molecule has 1 aliphatic rings. The Hall–Kier alpha value is -2.84. The van der Waals surface area contributed by atoms with Crippen molar-refractivity contribution >= 4 is 55.5 Å². The molecule has 4 aromatic rings. The molecule has 1 aliphatic heterocycles. The highest BCUT2D eigenvalue weighted by molar-refractivity contribution is 7.21. The van der Waals surface area contributed by atoms with E-state index in [2.05, 4.69) is 20.6 Å². The Morgan fingerprint density at radius 1 is 1.27 bits per heavy atom. The van der Waals surface area contributed by atoms with Crippen LogP contribution in [0.25, 0.3) is 32.2 Å². The van der Waals surface area contributed by atoms with Crippen molar-refractivity contribution in [2.45, 2.75) is 19.4 Å². The van der Waals surface area contributed by atoms with Crippen molar-refractivity contribution in [2.24, 2.45) is 0 Å². The third-order valence-electron chi connectivity index (χ3n) is 5.10. The van der Waals surface area contributed by atoms with E-state index in [9.17, 15) is 13.6 Å². The van der Waals surface area contributed by atoms with Gasteiger partial charge in [-0.15, -0.1) is 11.3 Å². The molecule has 1 atom stereocenters. The van der Waals surface area contributed by atoms with Crippen molar-refractivity contribution in [1.82, 2.24) is 15.3 Å². The number of hydrogen-bond donors (Lipinski definition) is 2. The molecule has 30 heavy (non-hydrogen) atoms. The summed E-state index contributed by atoms with van der Waals surface area (Å²) in [4.78, 5) is 21.6. The van der Waals surface area contributed by atoms with Crippen LogP contribution >= 0.6 is 22.9 Å². The predicted octanol–water partition coefficient (Wildman–Crippen LogP) is 5.65. The zero-order valence-electron chi connectivity index (χ0n) is 15.7. The van der Waals surface area contributed by atoms with E-state index in [1.165, 1.54) is 17.4 Å². The maximum atomic E-state index is 13.5.